The number of guanidine groups is 1. The highest BCUT2D eigenvalue weighted by Crippen LogP contribution is 2.15. The van der Waals surface area contributed by atoms with Gasteiger partial charge in [-0.15, -0.1) is 24.0 Å². The molecule has 0 aromatic carbocycles. The van der Waals surface area contributed by atoms with Crippen molar-refractivity contribution in [2.45, 2.75) is 32.9 Å². The third kappa shape index (κ3) is 6.88. The van der Waals surface area contributed by atoms with E-state index >= 15 is 0 Å². The highest BCUT2D eigenvalue weighted by molar-refractivity contribution is 14.0. The zero-order chi connectivity index (χ0) is 18.1. The van der Waals surface area contributed by atoms with Crippen LogP contribution in [-0.4, -0.2) is 67.9 Å². The third-order valence-corrected chi connectivity index (χ3v) is 4.36. The first-order chi connectivity index (χ1) is 12.1. The van der Waals surface area contributed by atoms with Gasteiger partial charge in [0.2, 0.25) is 5.88 Å². The van der Waals surface area contributed by atoms with Crippen molar-refractivity contribution in [3.8, 4) is 5.88 Å². The van der Waals surface area contributed by atoms with Crippen molar-refractivity contribution in [3.63, 3.8) is 0 Å². The van der Waals surface area contributed by atoms with E-state index in [-0.39, 0.29) is 29.5 Å². The Kier molecular flexibility index (Phi) is 10.2. The molecule has 26 heavy (non-hydrogen) atoms. The van der Waals surface area contributed by atoms with Crippen LogP contribution in [0.4, 0.5) is 0 Å². The van der Waals surface area contributed by atoms with Crippen molar-refractivity contribution in [2.75, 3.05) is 46.5 Å². The number of hydrogen-bond acceptors (Lipinski definition) is 5. The number of halogens is 1. The molecule has 2 heterocycles. The van der Waals surface area contributed by atoms with Crippen LogP contribution in [-0.2, 0) is 11.3 Å². The van der Waals surface area contributed by atoms with E-state index in [9.17, 15) is 0 Å². The van der Waals surface area contributed by atoms with Gasteiger partial charge in [-0.25, -0.2) is 4.98 Å². The fourth-order valence-corrected chi connectivity index (χ4v) is 2.81. The fraction of sp³-hybridized carbons (Fsp3) is 0.667. The Balaban J connectivity index is 0.00000338. The van der Waals surface area contributed by atoms with Gasteiger partial charge in [-0.1, -0.05) is 6.07 Å². The molecular weight excluding hydrogens is 445 g/mol. The first kappa shape index (κ1) is 22.9. The Morgan fingerprint density at radius 3 is 2.73 bits per heavy atom. The first-order valence-electron chi connectivity index (χ1n) is 8.91. The molecule has 0 aliphatic carbocycles. The zero-order valence-electron chi connectivity index (χ0n) is 16.2. The third-order valence-electron chi connectivity index (χ3n) is 4.36. The number of aromatic nitrogens is 1. The topological polar surface area (TPSA) is 71.0 Å². The van der Waals surface area contributed by atoms with Gasteiger partial charge in [0.15, 0.2) is 5.96 Å². The average molecular weight is 477 g/mol. The van der Waals surface area contributed by atoms with Gasteiger partial charge in [0.1, 0.15) is 0 Å². The van der Waals surface area contributed by atoms with Crippen molar-refractivity contribution < 1.29 is 9.47 Å². The molecule has 0 spiro atoms. The quantitative estimate of drug-likeness (QED) is 0.355. The number of morpholine rings is 1. The van der Waals surface area contributed by atoms with Crippen molar-refractivity contribution in [1.29, 1.82) is 0 Å². The van der Waals surface area contributed by atoms with E-state index < -0.39 is 0 Å². The molecule has 1 aromatic heterocycles. The van der Waals surface area contributed by atoms with Gasteiger partial charge < -0.3 is 20.1 Å². The second-order valence-corrected chi connectivity index (χ2v) is 6.59. The second kappa shape index (κ2) is 11.6. The molecule has 1 aliphatic heterocycles. The first-order valence-corrected chi connectivity index (χ1v) is 8.91. The molecule has 2 N–H and O–H groups in total. The lowest BCUT2D eigenvalue weighted by molar-refractivity contribution is -0.00834. The van der Waals surface area contributed by atoms with E-state index in [2.05, 4.69) is 39.4 Å². The standard InChI is InChI=1S/C18H31N5O2.HI/c1-5-25-16-15(7-6-8-20-16)13-21-17(19-4)22-14-18(2,3)23-9-11-24-12-10-23;/h6-8H,5,9-14H2,1-4H3,(H2,19,21,22);1H. The summed E-state index contributed by atoms with van der Waals surface area (Å²) in [5.41, 5.74) is 1.05. The Morgan fingerprint density at radius 2 is 2.08 bits per heavy atom. The molecule has 7 nitrogen and oxygen atoms in total. The summed E-state index contributed by atoms with van der Waals surface area (Å²) in [7, 11) is 1.78. The van der Waals surface area contributed by atoms with Crippen LogP contribution in [0.1, 0.15) is 26.3 Å². The molecule has 1 aliphatic rings. The van der Waals surface area contributed by atoms with E-state index in [1.54, 1.807) is 13.2 Å². The lowest BCUT2D eigenvalue weighted by Gasteiger charge is -2.41. The smallest absolute Gasteiger partial charge is 0.218 e. The Labute approximate surface area is 174 Å². The van der Waals surface area contributed by atoms with Crippen LogP contribution in [0, 0.1) is 0 Å². The lowest BCUT2D eigenvalue weighted by atomic mass is 10.0. The number of rotatable bonds is 7. The maximum Gasteiger partial charge on any atom is 0.218 e. The number of ether oxygens (including phenoxy) is 2. The van der Waals surface area contributed by atoms with Crippen molar-refractivity contribution in [2.24, 2.45) is 4.99 Å². The number of nitrogens with one attached hydrogen (secondary N) is 2. The number of aliphatic imine (C=N–C) groups is 1. The summed E-state index contributed by atoms with van der Waals surface area (Å²) in [6.07, 6.45) is 1.74. The van der Waals surface area contributed by atoms with Crippen LogP contribution >= 0.6 is 24.0 Å². The zero-order valence-corrected chi connectivity index (χ0v) is 18.6. The summed E-state index contributed by atoms with van der Waals surface area (Å²) >= 11 is 0. The van der Waals surface area contributed by atoms with Gasteiger partial charge in [0.25, 0.3) is 0 Å². The summed E-state index contributed by atoms with van der Waals surface area (Å²) < 4.78 is 11.0. The molecule has 0 bridgehead atoms. The number of nitrogens with zero attached hydrogens (tertiary/aromatic N) is 3. The van der Waals surface area contributed by atoms with Gasteiger partial charge in [-0.2, -0.15) is 0 Å². The summed E-state index contributed by atoms with van der Waals surface area (Å²) in [6.45, 7) is 12.0. The highest BCUT2D eigenvalue weighted by Gasteiger charge is 2.28. The minimum Gasteiger partial charge on any atom is -0.478 e. The van der Waals surface area contributed by atoms with Crippen LogP contribution < -0.4 is 15.4 Å². The second-order valence-electron chi connectivity index (χ2n) is 6.59. The van der Waals surface area contributed by atoms with Crippen LogP contribution in [0.25, 0.3) is 0 Å². The molecule has 0 atom stereocenters. The lowest BCUT2D eigenvalue weighted by Crippen LogP contribution is -2.56. The Bertz CT molecular complexity index is 562. The van der Waals surface area contributed by atoms with Gasteiger partial charge in [-0.05, 0) is 26.8 Å². The minimum absolute atomic E-state index is 0. The minimum atomic E-state index is 0. The molecule has 1 saturated heterocycles. The van der Waals surface area contributed by atoms with Crippen molar-refractivity contribution in [1.82, 2.24) is 20.5 Å². The molecular formula is C18H32IN5O2. The van der Waals surface area contributed by atoms with Gasteiger partial charge in [0.05, 0.1) is 19.8 Å². The average Bonchev–Trinajstić information content (AvgIpc) is 2.64. The molecule has 148 valence electrons. The van der Waals surface area contributed by atoms with Crippen molar-refractivity contribution in [3.05, 3.63) is 23.9 Å². The summed E-state index contributed by atoms with van der Waals surface area (Å²) in [6, 6.07) is 3.92. The van der Waals surface area contributed by atoms with E-state index in [4.69, 9.17) is 9.47 Å². The number of hydrogen-bond donors (Lipinski definition) is 2. The van der Waals surface area contributed by atoms with Crippen LogP contribution in [0.5, 0.6) is 5.88 Å². The predicted octanol–water partition coefficient (Wildman–Crippen LogP) is 1.87. The SMILES string of the molecule is CCOc1ncccc1CNC(=NC)NCC(C)(C)N1CCOCC1.I. The van der Waals surface area contributed by atoms with E-state index in [1.165, 1.54) is 0 Å². The molecule has 2 rings (SSSR count). The van der Waals surface area contributed by atoms with E-state index in [0.29, 0.717) is 19.0 Å². The monoisotopic (exact) mass is 477 g/mol. The predicted molar refractivity (Wildman–Crippen MR) is 115 cm³/mol. The molecule has 0 saturated carbocycles. The largest absolute Gasteiger partial charge is 0.478 e. The van der Waals surface area contributed by atoms with E-state index in [0.717, 1.165) is 44.4 Å². The van der Waals surface area contributed by atoms with Gasteiger partial charge >= 0.3 is 0 Å². The van der Waals surface area contributed by atoms with Crippen LogP contribution in [0.15, 0.2) is 23.3 Å². The number of pyridine rings is 1. The summed E-state index contributed by atoms with van der Waals surface area (Å²) in [5, 5.41) is 6.76. The maximum atomic E-state index is 5.57. The highest BCUT2D eigenvalue weighted by atomic mass is 127. The van der Waals surface area contributed by atoms with Gasteiger partial charge in [-0.3, -0.25) is 9.89 Å². The van der Waals surface area contributed by atoms with E-state index in [1.807, 2.05) is 19.1 Å². The molecule has 1 fully saturated rings. The molecule has 8 heteroatoms. The summed E-state index contributed by atoms with van der Waals surface area (Å²) in [4.78, 5) is 11.0. The molecule has 0 unspecified atom stereocenters. The maximum absolute atomic E-state index is 5.57. The van der Waals surface area contributed by atoms with Crippen molar-refractivity contribution >= 4 is 29.9 Å². The summed E-state index contributed by atoms with van der Waals surface area (Å²) in [5.74, 6) is 1.44. The molecule has 1 aromatic rings. The molecule has 0 amide bonds. The molecule has 0 radical (unpaired) electrons. The fourth-order valence-electron chi connectivity index (χ4n) is 2.81. The van der Waals surface area contributed by atoms with Gasteiger partial charge in [0, 0.05) is 50.5 Å². The Morgan fingerprint density at radius 1 is 1.35 bits per heavy atom. The van der Waals surface area contributed by atoms with Crippen LogP contribution in [0.3, 0.4) is 0 Å². The Hall–Kier alpha value is -1.13. The van der Waals surface area contributed by atoms with Crippen LogP contribution in [0.2, 0.25) is 0 Å². The normalized spacial score (nSPS) is 15.9.